The third-order valence-electron chi connectivity index (χ3n) is 20.6. The summed E-state index contributed by atoms with van der Waals surface area (Å²) in [4.78, 5) is 71.1. The topological polar surface area (TPSA) is 371 Å². The van der Waals surface area contributed by atoms with Crippen LogP contribution in [0.3, 0.4) is 0 Å². The van der Waals surface area contributed by atoms with E-state index in [1.54, 1.807) is 18.2 Å². The minimum atomic E-state index is -6.14. The maximum absolute atomic E-state index is 12.9. The van der Waals surface area contributed by atoms with Gasteiger partial charge in [0.2, 0.25) is 0 Å². The maximum atomic E-state index is 12.9. The average molecular weight is 2110 g/mol. The monoisotopic (exact) mass is 2110 g/mol. The molecule has 1 N–H and O–H groups in total. The van der Waals surface area contributed by atoms with Crippen molar-refractivity contribution in [3.05, 3.63) is 430 Å². The summed E-state index contributed by atoms with van der Waals surface area (Å²) in [5.74, 6) is -11.1. The molecule has 3 aliphatic rings. The molecule has 0 radical (unpaired) electrons. The Morgan fingerprint density at radius 1 is 0.287 bits per heavy atom. The summed E-state index contributed by atoms with van der Waals surface area (Å²) in [5, 5.41) is -11.4. The highest BCUT2D eigenvalue weighted by atomic mass is 32.2. The van der Waals surface area contributed by atoms with Gasteiger partial charge in [0.25, 0.3) is 0 Å². The van der Waals surface area contributed by atoms with Crippen molar-refractivity contribution >= 4 is 114 Å². The lowest BCUT2D eigenvalue weighted by molar-refractivity contribution is -0.172. The molecule has 3 aliphatic carbocycles. The zero-order chi connectivity index (χ0) is 103. The molecule has 14 aromatic rings. The molecule has 0 heterocycles. The molecule has 22 nitrogen and oxygen atoms in total. The van der Waals surface area contributed by atoms with E-state index in [0.29, 0.717) is 24.8 Å². The number of aliphatic hydroxyl groups excluding tert-OH is 1. The molecule has 2 bridgehead atoms. The molecule has 5 atom stereocenters. The van der Waals surface area contributed by atoms with Crippen LogP contribution in [0.2, 0.25) is 0 Å². The number of carbonyl (C=O) groups is 5. The molecule has 3 saturated carbocycles. The molecule has 3 fully saturated rings. The number of Topliss-reactive ketones (excluding diaryl/α,β-unsaturated/α-hetero) is 1. The summed E-state index contributed by atoms with van der Waals surface area (Å²) in [6, 6.07) is 143. The van der Waals surface area contributed by atoms with Crippen molar-refractivity contribution in [1.29, 1.82) is 0 Å². The second kappa shape index (κ2) is 52.9. The van der Waals surface area contributed by atoms with Crippen LogP contribution in [-0.2, 0) is 129 Å². The number of carbonyl (C=O) groups excluding carboxylic acids is 5. The molecule has 14 aromatic carbocycles. The molecule has 0 saturated heterocycles. The Labute approximate surface area is 833 Å². The number of ether oxygens (including phenoxy) is 4. The number of hydrogen-bond acceptors (Lipinski definition) is 22. The van der Waals surface area contributed by atoms with Crippen molar-refractivity contribution in [3.63, 3.8) is 0 Å². The van der Waals surface area contributed by atoms with Crippen LogP contribution in [0, 0.1) is 11.8 Å². The average Bonchev–Trinajstić information content (AvgIpc) is 1.62. The van der Waals surface area contributed by atoms with Gasteiger partial charge < -0.3 is 42.3 Å². The molecular weight excluding hydrogens is 2020 g/mol. The van der Waals surface area contributed by atoms with Crippen molar-refractivity contribution < 1.29 is 135 Å². The Balaban J connectivity index is 0.000000168. The number of hydrogen-bond donors (Lipinski definition) is 1. The van der Waals surface area contributed by atoms with Crippen LogP contribution < -0.4 is 4.74 Å². The van der Waals surface area contributed by atoms with Crippen LogP contribution in [0.5, 0.6) is 5.75 Å². The summed E-state index contributed by atoms with van der Waals surface area (Å²) in [6.07, 6.45) is -1.07. The number of alkyl halides is 8. The predicted octanol–water partition coefficient (Wildman–Crippen LogP) is 20.3. The minimum absolute atomic E-state index is 0.0146. The van der Waals surface area contributed by atoms with Crippen LogP contribution in [0.4, 0.5) is 35.1 Å². The third kappa shape index (κ3) is 32.3. The van der Waals surface area contributed by atoms with Gasteiger partial charge in [0.1, 0.15) is 18.5 Å². The minimum Gasteiger partial charge on any atom is -0.743 e. The summed E-state index contributed by atoms with van der Waals surface area (Å²) in [7, 11) is -24.4. The molecule has 143 heavy (non-hydrogen) atoms. The van der Waals surface area contributed by atoms with E-state index in [4.69, 9.17) is 5.11 Å². The van der Waals surface area contributed by atoms with Gasteiger partial charge in [-0.1, -0.05) is 267 Å². The van der Waals surface area contributed by atoms with E-state index in [0.717, 1.165) is 12.1 Å². The Morgan fingerprint density at radius 3 is 0.720 bits per heavy atom. The number of halogens is 8. The highest BCUT2D eigenvalue weighted by Gasteiger charge is 2.56. The first-order chi connectivity index (χ1) is 68.1. The van der Waals surface area contributed by atoms with E-state index in [2.05, 4.69) is 383 Å². The van der Waals surface area contributed by atoms with Gasteiger partial charge in [0.05, 0.1) is 49.7 Å². The van der Waals surface area contributed by atoms with E-state index in [9.17, 15) is 111 Å². The number of rotatable bonds is 25. The molecular formula is C105H90F8O22S8. The van der Waals surface area contributed by atoms with Gasteiger partial charge in [0, 0.05) is 18.3 Å². The molecule has 0 spiro atoms. The SMILES string of the molecule is O=C(OC1CCC(O)C1)C(F)(F)S(=O)(=O)[O-].O=C(OCc1ccccc1)C(F)(F)S(=O)(=O)[O-].O=C(Oc1ccccc1)C(F)(F)S(=O)(=O)[O-].O=C1C2CCC(C2)C1OC(=O)C(F)(F)S(=O)(=O)[O-].c1ccc([S+](c2ccccc2)c2ccccc2)cc1.c1ccc([S+](c2ccccc2)c2ccccc2)cc1.c1ccc([S+](c2ccccc2)c2ccccc2)cc1.c1ccc([S+](c2ccccc2)c2ccccc2)cc1. The highest BCUT2D eigenvalue weighted by Crippen LogP contribution is 2.45. The third-order valence-corrected chi connectivity index (χ3v) is 32.7. The standard InChI is InChI=1S/4C18H15S.C9H10F2O6S.C9H8F2O5S.C8H6F2O5S.C7H10F2O6S/c4*1-4-10-16(11-5-1)19(17-12-6-2-7-13-17)18-14-8-3-9-15-18;10-9(11,18(14,15)16)8(13)17-7-5-2-1-4(3-5)6(7)12;10-9(11,17(13,14)15)8(12)16-6-7-4-2-1-3-5-7;9-8(10,16(12,13)14)7(11)15-6-4-2-1-3-5-6;8-7(9,16(12,13)14)6(11)15-5-2-1-4(10)3-5/h4*1-15H;4-5,7H,1-3H2,(H,14,15,16);1-5H,6H2,(H,13,14,15);1-5H,(H,12,13,14);4-5,10H,1-3H2,(H,12,13,14)/q4*+1;;;;/p-4. The van der Waals surface area contributed by atoms with Gasteiger partial charge in [-0.3, -0.25) is 4.79 Å². The van der Waals surface area contributed by atoms with Crippen LogP contribution in [-0.4, -0.2) is 126 Å². The molecule has 0 amide bonds. The van der Waals surface area contributed by atoms with Gasteiger partial charge in [-0.05, 0) is 195 Å². The number of fused-ring (bicyclic) bond motifs is 2. The quantitative estimate of drug-likeness (QED) is 0.0139. The first kappa shape index (κ1) is 112. The van der Waals surface area contributed by atoms with Crippen LogP contribution >= 0.6 is 0 Å². The smallest absolute Gasteiger partial charge is 0.429 e. The first-order valence-corrected chi connectivity index (χ1v) is 53.6. The Morgan fingerprint density at radius 2 is 0.503 bits per heavy atom. The second-order valence-corrected chi connectivity index (χ2v) is 44.4. The fourth-order valence-electron chi connectivity index (χ4n) is 13.8. The van der Waals surface area contributed by atoms with E-state index in [-0.39, 0.29) is 80.4 Å². The lowest BCUT2D eigenvalue weighted by atomic mass is 9.96. The highest BCUT2D eigenvalue weighted by molar-refractivity contribution is 7.98. The van der Waals surface area contributed by atoms with Crippen LogP contribution in [0.15, 0.2) is 483 Å². The van der Waals surface area contributed by atoms with Crippen molar-refractivity contribution in [2.75, 3.05) is 0 Å². The van der Waals surface area contributed by atoms with Gasteiger partial charge in [-0.2, -0.15) is 35.1 Å². The van der Waals surface area contributed by atoms with Crippen LogP contribution in [0.1, 0.15) is 44.1 Å². The Kier molecular flexibility index (Phi) is 41.4. The fourth-order valence-corrected chi connectivity index (χ4v) is 23.2. The normalized spacial score (nSPS) is 15.4. The summed E-state index contributed by atoms with van der Waals surface area (Å²) in [6.45, 7) is -0.537. The molecule has 38 heteroatoms. The molecule has 0 aliphatic heterocycles. The molecule has 5 unspecified atom stereocenters. The Hall–Kier alpha value is -12.9. The second-order valence-electron chi connectivity index (χ2n) is 30.6. The Bertz CT molecular complexity index is 5990. The van der Waals surface area contributed by atoms with Crippen molar-refractivity contribution in [2.24, 2.45) is 11.8 Å². The van der Waals surface area contributed by atoms with E-state index < -0.39 is 116 Å². The lowest BCUT2D eigenvalue weighted by Crippen LogP contribution is -2.43. The molecule has 0 aromatic heterocycles. The largest absolute Gasteiger partial charge is 0.743 e. The summed E-state index contributed by atoms with van der Waals surface area (Å²) in [5.41, 5.74) is 0.389. The summed E-state index contributed by atoms with van der Waals surface area (Å²) < 4.78 is 239. The zero-order valence-electron chi connectivity index (χ0n) is 75.1. The van der Waals surface area contributed by atoms with Crippen LogP contribution in [0.25, 0.3) is 0 Å². The first-order valence-electron chi connectivity index (χ1n) is 43.1. The number of ketones is 1. The van der Waals surface area contributed by atoms with Crippen molar-refractivity contribution in [3.8, 4) is 5.75 Å². The van der Waals surface area contributed by atoms with Gasteiger partial charge in [-0.25, -0.2) is 52.8 Å². The van der Waals surface area contributed by atoms with Crippen molar-refractivity contribution in [1.82, 2.24) is 0 Å². The van der Waals surface area contributed by atoms with Gasteiger partial charge in [0.15, 0.2) is 111 Å². The van der Waals surface area contributed by atoms with E-state index in [1.807, 2.05) is 0 Å². The van der Waals surface area contributed by atoms with E-state index >= 15 is 0 Å². The predicted molar refractivity (Wildman–Crippen MR) is 518 cm³/mol. The van der Waals surface area contributed by atoms with Gasteiger partial charge in [-0.15, -0.1) is 0 Å². The molecule has 746 valence electrons. The lowest BCUT2D eigenvalue weighted by Gasteiger charge is -2.24. The maximum Gasteiger partial charge on any atom is 0.429 e. The number of esters is 4. The zero-order valence-corrected chi connectivity index (χ0v) is 81.6. The number of aliphatic hydroxyl groups is 1. The van der Waals surface area contributed by atoms with Gasteiger partial charge >= 0.3 is 44.9 Å². The van der Waals surface area contributed by atoms with E-state index in [1.165, 1.54) is 89.1 Å². The van der Waals surface area contributed by atoms with Crippen molar-refractivity contribution in [2.45, 2.75) is 143 Å². The number of para-hydroxylation sites is 1. The number of benzene rings is 14. The molecule has 17 rings (SSSR count). The fraction of sp³-hybridized carbons (Fsp3) is 0.152. The summed E-state index contributed by atoms with van der Waals surface area (Å²) >= 11 is 0.